The molecule has 0 heterocycles. The van der Waals surface area contributed by atoms with Gasteiger partial charge in [-0.2, -0.15) is 30.7 Å². The Labute approximate surface area is 122 Å². The Bertz CT molecular complexity index is 570. The van der Waals surface area contributed by atoms with Crippen LogP contribution in [0.5, 0.6) is 0 Å². The van der Waals surface area contributed by atoms with E-state index in [1.54, 1.807) is 0 Å². The van der Waals surface area contributed by atoms with Gasteiger partial charge >= 0.3 is 24.0 Å². The molecule has 0 saturated heterocycles. The highest BCUT2D eigenvalue weighted by Crippen LogP contribution is 2.46. The molecule has 124 valence electrons. The molecular formula is C11H5ClF8O2. The topological polar surface area (TPSA) is 26.3 Å². The number of carbonyl (C=O) groups is 1. The predicted molar refractivity (Wildman–Crippen MR) is 57.6 cm³/mol. The maximum Gasteiger partial charge on any atom is 0.460 e. The van der Waals surface area contributed by atoms with Gasteiger partial charge in [0.05, 0.1) is 10.6 Å². The monoisotopic (exact) mass is 356 g/mol. The highest BCUT2D eigenvalue weighted by atomic mass is 35.5. The minimum absolute atomic E-state index is 0.596. The number of alkyl halides is 7. The fraction of sp³-hybridized carbons (Fsp3) is 0.364. The van der Waals surface area contributed by atoms with E-state index < -0.39 is 47.0 Å². The van der Waals surface area contributed by atoms with Gasteiger partial charge in [-0.1, -0.05) is 17.7 Å². The largest absolute Gasteiger partial charge is 0.460 e. The first-order valence-corrected chi connectivity index (χ1v) is 5.62. The molecule has 1 rings (SSSR count). The lowest BCUT2D eigenvalue weighted by Gasteiger charge is -2.27. The van der Waals surface area contributed by atoms with Gasteiger partial charge in [0.2, 0.25) is 0 Å². The summed E-state index contributed by atoms with van der Waals surface area (Å²) in [5.74, 6) is -15.4. The Morgan fingerprint density at radius 1 is 1.09 bits per heavy atom. The van der Waals surface area contributed by atoms with Crippen LogP contribution in [0.15, 0.2) is 18.2 Å². The van der Waals surface area contributed by atoms with Crippen molar-refractivity contribution in [2.24, 2.45) is 0 Å². The lowest BCUT2D eigenvalue weighted by Crippen LogP contribution is -2.54. The van der Waals surface area contributed by atoms with E-state index in [0.29, 0.717) is 0 Å². The summed E-state index contributed by atoms with van der Waals surface area (Å²) in [5, 5.41) is -0.596. The predicted octanol–water partition coefficient (Wildman–Crippen LogP) is 4.47. The van der Waals surface area contributed by atoms with E-state index >= 15 is 0 Å². The summed E-state index contributed by atoms with van der Waals surface area (Å²) in [6.45, 7) is -2.59. The van der Waals surface area contributed by atoms with Gasteiger partial charge < -0.3 is 4.74 Å². The molecular weight excluding hydrogens is 352 g/mol. The van der Waals surface area contributed by atoms with Crippen LogP contribution in [-0.2, 0) is 4.74 Å². The number of ether oxygens (including phenoxy) is 1. The van der Waals surface area contributed by atoms with Crippen molar-refractivity contribution >= 4 is 17.6 Å². The second-order valence-corrected chi connectivity index (χ2v) is 4.36. The quantitative estimate of drug-likeness (QED) is 0.588. The summed E-state index contributed by atoms with van der Waals surface area (Å²) in [6, 6.07) is 2.73. The van der Waals surface area contributed by atoms with E-state index in [9.17, 15) is 39.9 Å². The molecule has 0 aliphatic rings. The summed E-state index contributed by atoms with van der Waals surface area (Å²) in [7, 11) is 0. The Kier molecular flexibility index (Phi) is 4.95. The van der Waals surface area contributed by atoms with Crippen molar-refractivity contribution in [3.63, 3.8) is 0 Å². The molecule has 1 aromatic rings. The molecule has 22 heavy (non-hydrogen) atoms. The average Bonchev–Trinajstić information content (AvgIpc) is 2.37. The average molecular weight is 357 g/mol. The van der Waals surface area contributed by atoms with E-state index in [1.165, 1.54) is 0 Å². The zero-order valence-corrected chi connectivity index (χ0v) is 10.9. The van der Waals surface area contributed by atoms with Gasteiger partial charge in [-0.25, -0.2) is 9.18 Å². The minimum atomic E-state index is -6.55. The van der Waals surface area contributed by atoms with Crippen molar-refractivity contribution < 1.29 is 44.7 Å². The fourth-order valence-corrected chi connectivity index (χ4v) is 1.37. The molecule has 0 N–H and O–H groups in total. The van der Waals surface area contributed by atoms with Crippen molar-refractivity contribution in [2.45, 2.75) is 18.0 Å². The maximum atomic E-state index is 13.3. The molecule has 11 heteroatoms. The summed E-state index contributed by atoms with van der Waals surface area (Å²) >= 11 is 5.28. The van der Waals surface area contributed by atoms with Crippen molar-refractivity contribution in [1.82, 2.24) is 0 Å². The van der Waals surface area contributed by atoms with Crippen LogP contribution >= 0.6 is 11.6 Å². The van der Waals surface area contributed by atoms with Crippen LogP contribution in [0.25, 0.3) is 0 Å². The van der Waals surface area contributed by atoms with Gasteiger partial charge in [0.15, 0.2) is 12.4 Å². The molecule has 0 saturated carbocycles. The van der Waals surface area contributed by atoms with Crippen LogP contribution in [0.3, 0.4) is 0 Å². The van der Waals surface area contributed by atoms with Gasteiger partial charge in [0.1, 0.15) is 0 Å². The molecule has 0 amide bonds. The Morgan fingerprint density at radius 2 is 1.64 bits per heavy atom. The first-order chi connectivity index (χ1) is 9.81. The molecule has 1 aromatic carbocycles. The van der Waals surface area contributed by atoms with Crippen LogP contribution < -0.4 is 0 Å². The summed E-state index contributed by atoms with van der Waals surface area (Å²) in [4.78, 5) is 11.3. The summed E-state index contributed by atoms with van der Waals surface area (Å²) in [6.07, 6.45) is -6.55. The van der Waals surface area contributed by atoms with E-state index in [2.05, 4.69) is 4.74 Å². The third kappa shape index (κ3) is 3.42. The molecule has 0 aliphatic heterocycles. The van der Waals surface area contributed by atoms with Gasteiger partial charge in [-0.05, 0) is 12.1 Å². The maximum absolute atomic E-state index is 13.3. The number of hydrogen-bond acceptors (Lipinski definition) is 2. The first-order valence-electron chi connectivity index (χ1n) is 5.25. The van der Waals surface area contributed by atoms with Crippen LogP contribution in [0.4, 0.5) is 35.1 Å². The third-order valence-electron chi connectivity index (χ3n) is 2.37. The Hall–Kier alpha value is -1.58. The molecule has 0 spiro atoms. The number of hydrogen-bond donors (Lipinski definition) is 0. The number of rotatable bonds is 4. The van der Waals surface area contributed by atoms with E-state index in [-0.39, 0.29) is 0 Å². The molecule has 0 aromatic heterocycles. The second-order valence-electron chi connectivity index (χ2n) is 3.95. The fourth-order valence-electron chi connectivity index (χ4n) is 1.19. The minimum Gasteiger partial charge on any atom is -0.455 e. The summed E-state index contributed by atoms with van der Waals surface area (Å²) in [5.41, 5.74) is -0.987. The number of carbonyl (C=O) groups excluding carboxylic acids is 1. The number of halogens is 9. The van der Waals surface area contributed by atoms with Crippen LogP contribution in [-0.4, -0.2) is 30.6 Å². The number of benzene rings is 1. The second kappa shape index (κ2) is 5.90. The lowest BCUT2D eigenvalue weighted by molar-refractivity contribution is -0.359. The van der Waals surface area contributed by atoms with Gasteiger partial charge in [-0.15, -0.1) is 0 Å². The first kappa shape index (κ1) is 18.5. The van der Waals surface area contributed by atoms with Crippen molar-refractivity contribution in [2.75, 3.05) is 6.61 Å². The highest BCUT2D eigenvalue weighted by molar-refractivity contribution is 6.31. The van der Waals surface area contributed by atoms with E-state index in [1.807, 2.05) is 0 Å². The van der Waals surface area contributed by atoms with Crippen molar-refractivity contribution in [3.8, 4) is 0 Å². The zero-order chi connectivity index (χ0) is 17.3. The molecule has 0 bridgehead atoms. The third-order valence-corrected chi connectivity index (χ3v) is 2.66. The number of esters is 1. The van der Waals surface area contributed by atoms with E-state index in [0.717, 1.165) is 18.2 Å². The molecule has 0 fully saturated rings. The normalized spacial score (nSPS) is 13.1. The highest BCUT2D eigenvalue weighted by Gasteiger charge is 2.73. The molecule has 0 aliphatic carbocycles. The molecule has 0 unspecified atom stereocenters. The van der Waals surface area contributed by atoms with Gasteiger partial charge in [-0.3, -0.25) is 0 Å². The Balaban J connectivity index is 2.89. The van der Waals surface area contributed by atoms with Crippen LogP contribution in [0, 0.1) is 5.82 Å². The molecule has 0 atom stereocenters. The van der Waals surface area contributed by atoms with Crippen molar-refractivity contribution in [1.29, 1.82) is 0 Å². The van der Waals surface area contributed by atoms with Crippen LogP contribution in [0.2, 0.25) is 5.02 Å². The standard InChI is InChI=1S/C11H5ClF8O2/c12-6-3-1-2-5(7(6)13)8(21)22-4-9(14,15)10(16,17)11(18,19)20/h1-3H,4H2. The van der Waals surface area contributed by atoms with Crippen molar-refractivity contribution in [3.05, 3.63) is 34.6 Å². The van der Waals surface area contributed by atoms with Gasteiger partial charge in [0, 0.05) is 0 Å². The van der Waals surface area contributed by atoms with Gasteiger partial charge in [0.25, 0.3) is 0 Å². The lowest BCUT2D eigenvalue weighted by atomic mass is 10.1. The SMILES string of the molecule is O=C(OCC(F)(F)C(F)(F)C(F)(F)F)c1cccc(Cl)c1F. The Morgan fingerprint density at radius 3 is 2.14 bits per heavy atom. The zero-order valence-electron chi connectivity index (χ0n) is 10.2. The molecule has 2 nitrogen and oxygen atoms in total. The van der Waals surface area contributed by atoms with E-state index in [4.69, 9.17) is 11.6 Å². The molecule has 0 radical (unpaired) electrons. The summed E-state index contributed by atoms with van der Waals surface area (Å²) < 4.78 is 103. The van der Waals surface area contributed by atoms with Crippen LogP contribution in [0.1, 0.15) is 10.4 Å². The smallest absolute Gasteiger partial charge is 0.455 e.